The van der Waals surface area contributed by atoms with Gasteiger partial charge in [0, 0.05) is 0 Å². The fourth-order valence-electron chi connectivity index (χ4n) is 5.74. The summed E-state index contributed by atoms with van der Waals surface area (Å²) < 4.78 is 11.1. The van der Waals surface area contributed by atoms with Gasteiger partial charge in [-0.2, -0.15) is 0 Å². The average Bonchev–Trinajstić information content (AvgIpc) is 3.10. The molecule has 0 aliphatic carbocycles. The normalized spacial score (nSPS) is 23.5. The standard InChI is InChI=1S/C39H71NO9/c1-3-5-7-9-11-13-15-16-17-18-20-21-23-25-27-32(42)31(30-48-39-37(46)36(45)35(44)34(29-41)49-39)40-38(47)33(43)28-26-24-22-19-14-12-10-8-6-4-2/h10,12,18,20,25,27,31-37,39,41-46H,3-9,11,13-17,19,21-24,26,28-30H2,1-2H3,(H,40,47)/b12-10-,20-18+,27-25+. The van der Waals surface area contributed by atoms with E-state index in [-0.39, 0.29) is 13.0 Å². The first-order valence-corrected chi connectivity index (χ1v) is 19.3. The number of hydrogen-bond acceptors (Lipinski definition) is 9. The van der Waals surface area contributed by atoms with Gasteiger partial charge in [0.25, 0.3) is 0 Å². The summed E-state index contributed by atoms with van der Waals surface area (Å²) in [5, 5.41) is 64.2. The molecule has 49 heavy (non-hydrogen) atoms. The van der Waals surface area contributed by atoms with Crippen LogP contribution in [-0.2, 0) is 14.3 Å². The Morgan fingerprint density at radius 3 is 1.84 bits per heavy atom. The smallest absolute Gasteiger partial charge is 0.249 e. The Morgan fingerprint density at radius 2 is 1.22 bits per heavy atom. The highest BCUT2D eigenvalue weighted by Crippen LogP contribution is 2.22. The van der Waals surface area contributed by atoms with Crippen molar-refractivity contribution in [3.05, 3.63) is 36.5 Å². The van der Waals surface area contributed by atoms with Gasteiger partial charge < -0.3 is 45.4 Å². The molecule has 0 saturated carbocycles. The molecule has 1 aliphatic rings. The first kappa shape index (κ1) is 45.4. The van der Waals surface area contributed by atoms with Crippen LogP contribution in [0, 0.1) is 0 Å². The number of amides is 1. The summed E-state index contributed by atoms with van der Waals surface area (Å²) in [7, 11) is 0. The lowest BCUT2D eigenvalue weighted by Crippen LogP contribution is -2.60. The molecule has 8 unspecified atom stereocenters. The number of aliphatic hydroxyl groups is 6. The predicted molar refractivity (Wildman–Crippen MR) is 195 cm³/mol. The highest BCUT2D eigenvalue weighted by molar-refractivity contribution is 5.80. The second kappa shape index (κ2) is 30.0. The number of unbranched alkanes of at least 4 members (excludes halogenated alkanes) is 15. The molecule has 0 bridgehead atoms. The van der Waals surface area contributed by atoms with Crippen molar-refractivity contribution in [3.63, 3.8) is 0 Å². The minimum absolute atomic E-state index is 0.287. The van der Waals surface area contributed by atoms with E-state index in [1.165, 1.54) is 64.2 Å². The quantitative estimate of drug-likeness (QED) is 0.0378. The van der Waals surface area contributed by atoms with E-state index in [4.69, 9.17) is 9.47 Å². The summed E-state index contributed by atoms with van der Waals surface area (Å²) in [6.45, 7) is 3.49. The number of carbonyl (C=O) groups is 1. The van der Waals surface area contributed by atoms with E-state index >= 15 is 0 Å². The van der Waals surface area contributed by atoms with Crippen LogP contribution >= 0.6 is 0 Å². The highest BCUT2D eigenvalue weighted by Gasteiger charge is 2.44. The third-order valence-corrected chi connectivity index (χ3v) is 9.04. The molecule has 7 N–H and O–H groups in total. The molecule has 10 heteroatoms. The minimum Gasteiger partial charge on any atom is -0.394 e. The van der Waals surface area contributed by atoms with Gasteiger partial charge in [-0.15, -0.1) is 0 Å². The van der Waals surface area contributed by atoms with Crippen molar-refractivity contribution in [2.24, 2.45) is 0 Å². The average molecular weight is 698 g/mol. The Bertz CT molecular complexity index is 881. The molecule has 1 saturated heterocycles. The van der Waals surface area contributed by atoms with Gasteiger partial charge in [0.05, 0.1) is 25.4 Å². The molecular weight excluding hydrogens is 626 g/mol. The molecule has 0 radical (unpaired) electrons. The number of rotatable bonds is 30. The number of ether oxygens (including phenoxy) is 2. The van der Waals surface area contributed by atoms with E-state index in [1.807, 2.05) is 6.08 Å². The topological polar surface area (TPSA) is 169 Å². The SMILES string of the molecule is CCCC/C=C\CCCCCCC(O)C(=O)NC(COC1OC(CO)C(O)C(O)C1O)C(O)/C=C/CC/C=C/CCCCCCCCCC. The zero-order chi connectivity index (χ0) is 36.1. The zero-order valence-electron chi connectivity index (χ0n) is 30.5. The van der Waals surface area contributed by atoms with Crippen LogP contribution in [0.4, 0.5) is 0 Å². The summed E-state index contributed by atoms with van der Waals surface area (Å²) in [6.07, 6.45) is 23.9. The monoisotopic (exact) mass is 698 g/mol. The second-order valence-corrected chi connectivity index (χ2v) is 13.5. The van der Waals surface area contributed by atoms with Crippen LogP contribution in [0.2, 0.25) is 0 Å². The number of aliphatic hydroxyl groups excluding tert-OH is 6. The van der Waals surface area contributed by atoms with Crippen LogP contribution < -0.4 is 5.32 Å². The summed E-state index contributed by atoms with van der Waals surface area (Å²) in [5.41, 5.74) is 0. The zero-order valence-corrected chi connectivity index (χ0v) is 30.5. The van der Waals surface area contributed by atoms with Crippen LogP contribution in [0.5, 0.6) is 0 Å². The van der Waals surface area contributed by atoms with Crippen LogP contribution in [0.1, 0.15) is 142 Å². The largest absolute Gasteiger partial charge is 0.394 e. The van der Waals surface area contributed by atoms with Gasteiger partial charge in [-0.3, -0.25) is 4.79 Å². The lowest BCUT2D eigenvalue weighted by Gasteiger charge is -2.40. The molecule has 8 atom stereocenters. The Kier molecular flexibility index (Phi) is 27.8. The van der Waals surface area contributed by atoms with Gasteiger partial charge in [-0.05, 0) is 51.4 Å². The van der Waals surface area contributed by atoms with E-state index in [0.29, 0.717) is 12.8 Å². The van der Waals surface area contributed by atoms with E-state index in [0.717, 1.165) is 44.9 Å². The van der Waals surface area contributed by atoms with Crippen molar-refractivity contribution in [2.75, 3.05) is 13.2 Å². The molecule has 0 aromatic rings. The van der Waals surface area contributed by atoms with Gasteiger partial charge in [0.15, 0.2) is 6.29 Å². The Hall–Kier alpha value is -1.63. The molecule has 1 fully saturated rings. The fraction of sp³-hybridized carbons (Fsp3) is 0.821. The number of nitrogens with one attached hydrogen (secondary N) is 1. The summed E-state index contributed by atoms with van der Waals surface area (Å²) >= 11 is 0. The Balaban J connectivity index is 2.58. The van der Waals surface area contributed by atoms with Gasteiger partial charge in [0.2, 0.25) is 5.91 Å². The minimum atomic E-state index is -1.61. The lowest BCUT2D eigenvalue weighted by molar-refractivity contribution is -0.302. The molecule has 1 amide bonds. The molecule has 1 rings (SSSR count). The van der Waals surface area contributed by atoms with Crippen molar-refractivity contribution in [3.8, 4) is 0 Å². The first-order chi connectivity index (χ1) is 23.8. The highest BCUT2D eigenvalue weighted by atomic mass is 16.7. The summed E-state index contributed by atoms with van der Waals surface area (Å²) in [4.78, 5) is 12.9. The third-order valence-electron chi connectivity index (χ3n) is 9.04. The van der Waals surface area contributed by atoms with E-state index in [1.54, 1.807) is 6.08 Å². The molecule has 10 nitrogen and oxygen atoms in total. The first-order valence-electron chi connectivity index (χ1n) is 19.3. The predicted octanol–water partition coefficient (Wildman–Crippen LogP) is 5.52. The number of carbonyl (C=O) groups excluding carboxylic acids is 1. The second-order valence-electron chi connectivity index (χ2n) is 13.5. The molecule has 0 aromatic heterocycles. The van der Waals surface area contributed by atoms with Gasteiger partial charge in [0.1, 0.15) is 30.5 Å². The van der Waals surface area contributed by atoms with Crippen molar-refractivity contribution >= 4 is 5.91 Å². The maximum atomic E-state index is 12.9. The van der Waals surface area contributed by atoms with Crippen molar-refractivity contribution in [1.82, 2.24) is 5.32 Å². The van der Waals surface area contributed by atoms with Crippen molar-refractivity contribution < 1.29 is 44.9 Å². The van der Waals surface area contributed by atoms with Crippen LogP contribution in [0.15, 0.2) is 36.5 Å². The van der Waals surface area contributed by atoms with Gasteiger partial charge in [-0.25, -0.2) is 0 Å². The Labute approximate surface area is 296 Å². The maximum absolute atomic E-state index is 12.9. The number of hydrogen-bond donors (Lipinski definition) is 7. The molecule has 286 valence electrons. The van der Waals surface area contributed by atoms with E-state index in [9.17, 15) is 35.4 Å². The number of allylic oxidation sites excluding steroid dienone is 5. The van der Waals surface area contributed by atoms with Crippen LogP contribution in [0.3, 0.4) is 0 Å². The lowest BCUT2D eigenvalue weighted by atomic mass is 9.99. The molecule has 0 aromatic carbocycles. The molecule has 1 aliphatic heterocycles. The van der Waals surface area contributed by atoms with E-state index in [2.05, 4.69) is 43.5 Å². The summed E-state index contributed by atoms with van der Waals surface area (Å²) in [5.74, 6) is -0.641. The van der Waals surface area contributed by atoms with Crippen LogP contribution in [0.25, 0.3) is 0 Å². The molecule has 1 heterocycles. The molecular formula is C39H71NO9. The Morgan fingerprint density at radius 1 is 0.694 bits per heavy atom. The fourth-order valence-corrected chi connectivity index (χ4v) is 5.74. The van der Waals surface area contributed by atoms with E-state index < -0.39 is 61.5 Å². The van der Waals surface area contributed by atoms with Crippen LogP contribution in [-0.4, -0.2) is 98.7 Å². The molecule has 0 spiro atoms. The van der Waals surface area contributed by atoms with Gasteiger partial charge >= 0.3 is 0 Å². The van der Waals surface area contributed by atoms with Crippen molar-refractivity contribution in [1.29, 1.82) is 0 Å². The van der Waals surface area contributed by atoms with Crippen molar-refractivity contribution in [2.45, 2.75) is 191 Å². The van der Waals surface area contributed by atoms with Gasteiger partial charge in [-0.1, -0.05) is 127 Å². The maximum Gasteiger partial charge on any atom is 0.249 e. The third kappa shape index (κ3) is 21.4. The summed E-state index contributed by atoms with van der Waals surface area (Å²) in [6, 6.07) is -0.997.